The number of hydrogen-bond acceptors (Lipinski definition) is 6. The Bertz CT molecular complexity index is 1560. The lowest BCUT2D eigenvalue weighted by Crippen LogP contribution is -2.28. The van der Waals surface area contributed by atoms with Crippen LogP contribution in [0.15, 0.2) is 49.5 Å². The van der Waals surface area contributed by atoms with Crippen molar-refractivity contribution in [3.63, 3.8) is 0 Å². The van der Waals surface area contributed by atoms with Crippen molar-refractivity contribution in [2.24, 2.45) is 5.92 Å². The first-order valence-corrected chi connectivity index (χ1v) is 12.7. The quantitative estimate of drug-likeness (QED) is 0.248. The fraction of sp³-hybridized carbons (Fsp3) is 0.286. The molecule has 10 nitrogen and oxygen atoms in total. The van der Waals surface area contributed by atoms with Crippen LogP contribution >= 0.6 is 0 Å². The molecule has 0 bridgehead atoms. The van der Waals surface area contributed by atoms with Gasteiger partial charge in [0.25, 0.3) is 5.91 Å². The summed E-state index contributed by atoms with van der Waals surface area (Å²) in [4.78, 5) is 44.1. The van der Waals surface area contributed by atoms with Crippen molar-refractivity contribution in [2.45, 2.75) is 33.6 Å². The zero-order valence-corrected chi connectivity index (χ0v) is 21.7. The summed E-state index contributed by atoms with van der Waals surface area (Å²) in [5.74, 6) is 0.295. The van der Waals surface area contributed by atoms with Crippen LogP contribution in [0.25, 0.3) is 39.3 Å². The molecular formula is C28H30N8O2. The molecule has 0 spiro atoms. The zero-order valence-electron chi connectivity index (χ0n) is 21.7. The molecule has 0 aromatic carbocycles. The fourth-order valence-corrected chi connectivity index (χ4v) is 4.49. The number of fused-ring (bicyclic) bond motifs is 1. The predicted octanol–water partition coefficient (Wildman–Crippen LogP) is 4.50. The summed E-state index contributed by atoms with van der Waals surface area (Å²) in [5.41, 5.74) is 5.29. The molecule has 1 aliphatic heterocycles. The fourth-order valence-electron chi connectivity index (χ4n) is 4.49. The molecule has 0 aliphatic carbocycles. The minimum atomic E-state index is -0.140. The van der Waals surface area contributed by atoms with Crippen molar-refractivity contribution < 1.29 is 9.59 Å². The van der Waals surface area contributed by atoms with E-state index in [1.807, 2.05) is 37.8 Å². The summed E-state index contributed by atoms with van der Waals surface area (Å²) < 4.78 is 0. The third kappa shape index (κ3) is 4.84. The number of allylic oxidation sites excluding steroid dienone is 2. The Morgan fingerprint density at radius 1 is 1.13 bits per heavy atom. The predicted molar refractivity (Wildman–Crippen MR) is 147 cm³/mol. The summed E-state index contributed by atoms with van der Waals surface area (Å²) in [6.07, 6.45) is 10.4. The van der Waals surface area contributed by atoms with Crippen LogP contribution in [-0.4, -0.2) is 59.9 Å². The van der Waals surface area contributed by atoms with E-state index in [1.165, 1.54) is 0 Å². The summed E-state index contributed by atoms with van der Waals surface area (Å²) in [6, 6.07) is 3.82. The van der Waals surface area contributed by atoms with Crippen molar-refractivity contribution >= 4 is 34.1 Å². The number of aromatic nitrogens is 6. The zero-order chi connectivity index (χ0) is 26.8. The molecule has 194 valence electrons. The van der Waals surface area contributed by atoms with E-state index in [0.29, 0.717) is 34.1 Å². The van der Waals surface area contributed by atoms with E-state index in [2.05, 4.69) is 37.0 Å². The molecule has 4 aromatic rings. The van der Waals surface area contributed by atoms with Gasteiger partial charge in [-0.05, 0) is 38.0 Å². The highest BCUT2D eigenvalue weighted by Gasteiger charge is 2.26. The van der Waals surface area contributed by atoms with Gasteiger partial charge >= 0.3 is 0 Å². The number of H-pyrrole nitrogens is 2. The Morgan fingerprint density at radius 3 is 2.63 bits per heavy atom. The number of hydrogen-bond donors (Lipinski definition) is 3. The van der Waals surface area contributed by atoms with E-state index >= 15 is 0 Å². The van der Waals surface area contributed by atoms with Gasteiger partial charge in [-0.25, -0.2) is 9.97 Å². The van der Waals surface area contributed by atoms with E-state index in [4.69, 9.17) is 4.98 Å². The van der Waals surface area contributed by atoms with Gasteiger partial charge in [-0.15, -0.1) is 0 Å². The number of aryl methyl sites for hydroxylation is 1. The van der Waals surface area contributed by atoms with Crippen LogP contribution in [0.1, 0.15) is 38.1 Å². The summed E-state index contributed by atoms with van der Waals surface area (Å²) in [7, 11) is 0. The smallest absolute Gasteiger partial charge is 0.256 e. The maximum absolute atomic E-state index is 13.2. The molecule has 0 radical (unpaired) electrons. The second-order valence-electron chi connectivity index (χ2n) is 9.67. The summed E-state index contributed by atoms with van der Waals surface area (Å²) in [6.45, 7) is 10.9. The Kier molecular flexibility index (Phi) is 6.87. The third-order valence-corrected chi connectivity index (χ3v) is 6.56. The SMILES string of the molecule is C=C/C=C(/C(=O)N1CCCC1)c1nc(-c2[nH]nc3ncc(-c4cncc(NC(=O)C(C)C)c4)cc23)[nH]c1C. The number of pyridine rings is 2. The van der Waals surface area contributed by atoms with Crippen LogP contribution < -0.4 is 5.32 Å². The van der Waals surface area contributed by atoms with E-state index in [9.17, 15) is 9.59 Å². The van der Waals surface area contributed by atoms with E-state index in [0.717, 1.165) is 48.1 Å². The number of carbonyl (C=O) groups is 2. The molecule has 3 N–H and O–H groups in total. The molecule has 1 fully saturated rings. The van der Waals surface area contributed by atoms with Crippen LogP contribution in [0.3, 0.4) is 0 Å². The van der Waals surface area contributed by atoms with Gasteiger partial charge in [0.1, 0.15) is 5.69 Å². The van der Waals surface area contributed by atoms with E-state index < -0.39 is 0 Å². The minimum Gasteiger partial charge on any atom is -0.340 e. The minimum absolute atomic E-state index is 0.0427. The standard InChI is InChI=1S/C28H30N8O2/c1-5-8-21(28(38)36-9-6-7-10-36)23-17(4)31-26(33-23)24-22-12-19(14-30-25(22)35-34-24)18-11-20(15-29-13-18)32-27(37)16(2)3/h5,8,11-16H,1,6-7,9-10H2,2-4H3,(H,31,33)(H,32,37)(H,30,34,35)/b21-8+. The number of aromatic amines is 2. The molecular weight excluding hydrogens is 480 g/mol. The topological polar surface area (TPSA) is 133 Å². The van der Waals surface area contributed by atoms with Crippen LogP contribution in [0, 0.1) is 12.8 Å². The van der Waals surface area contributed by atoms with Crippen molar-refractivity contribution in [1.82, 2.24) is 35.0 Å². The highest BCUT2D eigenvalue weighted by atomic mass is 16.2. The Labute approximate surface area is 220 Å². The number of imidazole rings is 1. The van der Waals surface area contributed by atoms with Gasteiger partial charge in [0.2, 0.25) is 5.91 Å². The third-order valence-electron chi connectivity index (χ3n) is 6.56. The number of anilines is 1. The van der Waals surface area contributed by atoms with Crippen LogP contribution in [0.2, 0.25) is 0 Å². The monoisotopic (exact) mass is 510 g/mol. The van der Waals surface area contributed by atoms with E-state index in [-0.39, 0.29) is 17.7 Å². The number of nitrogens with one attached hydrogen (secondary N) is 3. The largest absolute Gasteiger partial charge is 0.340 e. The van der Waals surface area contributed by atoms with Gasteiger partial charge in [0.05, 0.1) is 28.5 Å². The second-order valence-corrected chi connectivity index (χ2v) is 9.67. The molecule has 1 saturated heterocycles. The molecule has 0 saturated carbocycles. The van der Waals surface area contributed by atoms with Crippen molar-refractivity contribution in [2.75, 3.05) is 18.4 Å². The number of likely N-dealkylation sites (tertiary alicyclic amines) is 1. The normalized spacial score (nSPS) is 13.9. The first kappa shape index (κ1) is 25.1. The Morgan fingerprint density at radius 2 is 1.89 bits per heavy atom. The van der Waals surface area contributed by atoms with Gasteiger partial charge in [-0.1, -0.05) is 26.5 Å². The number of rotatable bonds is 7. The number of carbonyl (C=O) groups excluding carboxylic acids is 2. The van der Waals surface area contributed by atoms with Gasteiger partial charge < -0.3 is 15.2 Å². The molecule has 4 aromatic heterocycles. The average molecular weight is 511 g/mol. The van der Waals surface area contributed by atoms with Gasteiger partial charge in [-0.2, -0.15) is 5.10 Å². The molecule has 5 rings (SSSR count). The lowest BCUT2D eigenvalue weighted by atomic mass is 10.1. The van der Waals surface area contributed by atoms with Gasteiger partial charge in [0, 0.05) is 48.2 Å². The van der Waals surface area contributed by atoms with Crippen molar-refractivity contribution in [1.29, 1.82) is 0 Å². The molecule has 38 heavy (non-hydrogen) atoms. The lowest BCUT2D eigenvalue weighted by molar-refractivity contribution is -0.124. The molecule has 2 amide bonds. The molecule has 0 unspecified atom stereocenters. The maximum atomic E-state index is 13.2. The Hall–Kier alpha value is -4.60. The van der Waals surface area contributed by atoms with Gasteiger partial charge in [-0.3, -0.25) is 19.7 Å². The van der Waals surface area contributed by atoms with Crippen LogP contribution in [-0.2, 0) is 9.59 Å². The average Bonchev–Trinajstić information content (AvgIpc) is 3.67. The number of amides is 2. The molecule has 0 atom stereocenters. The molecule has 1 aliphatic rings. The highest BCUT2D eigenvalue weighted by molar-refractivity contribution is 6.19. The summed E-state index contributed by atoms with van der Waals surface area (Å²) in [5, 5.41) is 11.0. The number of nitrogens with zero attached hydrogens (tertiary/aromatic N) is 5. The first-order chi connectivity index (χ1) is 18.4. The second kappa shape index (κ2) is 10.4. The first-order valence-electron chi connectivity index (χ1n) is 12.7. The van der Waals surface area contributed by atoms with Crippen LogP contribution in [0.5, 0.6) is 0 Å². The van der Waals surface area contributed by atoms with Crippen LogP contribution in [0.4, 0.5) is 5.69 Å². The lowest BCUT2D eigenvalue weighted by Gasteiger charge is -2.16. The van der Waals surface area contributed by atoms with Crippen molar-refractivity contribution in [3.8, 4) is 22.6 Å². The summed E-state index contributed by atoms with van der Waals surface area (Å²) >= 11 is 0. The molecule has 5 heterocycles. The Balaban J connectivity index is 1.50. The molecule has 10 heteroatoms. The van der Waals surface area contributed by atoms with Gasteiger partial charge in [0.15, 0.2) is 11.5 Å². The highest BCUT2D eigenvalue weighted by Crippen LogP contribution is 2.31. The van der Waals surface area contributed by atoms with Crippen molar-refractivity contribution in [3.05, 3.63) is 60.8 Å². The maximum Gasteiger partial charge on any atom is 0.256 e. The van der Waals surface area contributed by atoms with E-state index in [1.54, 1.807) is 30.7 Å².